The zero-order chi connectivity index (χ0) is 10.6. The molecule has 0 bridgehead atoms. The Morgan fingerprint density at radius 1 is 1.14 bits per heavy atom. The van der Waals surface area contributed by atoms with Crippen LogP contribution in [-0.2, 0) is 13.2 Å². The fraction of sp³-hybridized carbons (Fsp3) is 0.400. The first-order chi connectivity index (χ1) is 6.76. The van der Waals surface area contributed by atoms with E-state index >= 15 is 0 Å². The number of ether oxygens (including phenoxy) is 2. The molecule has 0 radical (unpaired) electrons. The Bertz CT molecular complexity index is 257. The summed E-state index contributed by atoms with van der Waals surface area (Å²) < 4.78 is 22.7. The highest BCUT2D eigenvalue weighted by Gasteiger charge is 2.09. The molecule has 1 rings (SSSR count). The van der Waals surface area contributed by atoms with Gasteiger partial charge in [0.05, 0.1) is 14.2 Å². The van der Waals surface area contributed by atoms with Gasteiger partial charge in [-0.2, -0.15) is 0 Å². The van der Waals surface area contributed by atoms with E-state index in [1.54, 1.807) is 12.1 Å². The molecule has 1 aromatic carbocycles. The second-order valence-electron chi connectivity index (χ2n) is 2.81. The van der Waals surface area contributed by atoms with Crippen molar-refractivity contribution in [3.63, 3.8) is 0 Å². The van der Waals surface area contributed by atoms with E-state index in [4.69, 9.17) is 15.2 Å². The summed E-state index contributed by atoms with van der Waals surface area (Å²) in [5.74, 6) is 1.10. The molecule has 0 heterocycles. The molecule has 0 amide bonds. The Balaban J connectivity index is 3.20. The number of nitrogens with two attached hydrogens (primary N) is 1. The zero-order valence-corrected chi connectivity index (χ0v) is 8.34. The van der Waals surface area contributed by atoms with Crippen LogP contribution >= 0.6 is 0 Å². The Morgan fingerprint density at radius 3 is 2.00 bits per heavy atom. The first-order valence-corrected chi connectivity index (χ1v) is 4.26. The van der Waals surface area contributed by atoms with Gasteiger partial charge in [0.1, 0.15) is 6.67 Å². The Hall–Kier alpha value is -1.29. The average molecular weight is 199 g/mol. The van der Waals surface area contributed by atoms with Crippen LogP contribution in [0, 0.1) is 0 Å². The van der Waals surface area contributed by atoms with Gasteiger partial charge in [-0.1, -0.05) is 0 Å². The number of hydrogen-bond acceptors (Lipinski definition) is 3. The van der Waals surface area contributed by atoms with Crippen molar-refractivity contribution in [2.24, 2.45) is 5.73 Å². The van der Waals surface area contributed by atoms with Gasteiger partial charge in [-0.15, -0.1) is 0 Å². The minimum absolute atomic E-state index is 0.291. The highest BCUT2D eigenvalue weighted by atomic mass is 19.1. The second kappa shape index (κ2) is 4.81. The molecule has 1 aromatic rings. The average Bonchev–Trinajstić information content (AvgIpc) is 2.26. The van der Waals surface area contributed by atoms with Gasteiger partial charge in [-0.05, 0) is 23.3 Å². The van der Waals surface area contributed by atoms with Crippen molar-refractivity contribution in [2.45, 2.75) is 13.2 Å². The van der Waals surface area contributed by atoms with E-state index in [1.165, 1.54) is 14.2 Å². The molecule has 0 spiro atoms. The third kappa shape index (κ3) is 1.96. The summed E-state index contributed by atoms with van der Waals surface area (Å²) in [6.45, 7) is -0.257. The zero-order valence-electron chi connectivity index (χ0n) is 8.34. The number of halogens is 1. The molecule has 0 atom stereocenters. The summed E-state index contributed by atoms with van der Waals surface area (Å²) >= 11 is 0. The lowest BCUT2D eigenvalue weighted by atomic mass is 10.1. The van der Waals surface area contributed by atoms with Crippen LogP contribution in [0.15, 0.2) is 12.1 Å². The number of alkyl halides is 1. The monoisotopic (exact) mass is 199 g/mol. The lowest BCUT2D eigenvalue weighted by molar-refractivity contribution is 0.353. The molecule has 2 N–H and O–H groups in total. The lowest BCUT2D eigenvalue weighted by Gasteiger charge is -2.11. The summed E-state index contributed by atoms with van der Waals surface area (Å²) in [5, 5.41) is 0. The molecule has 78 valence electrons. The van der Waals surface area contributed by atoms with Crippen molar-refractivity contribution in [1.29, 1.82) is 0 Å². The highest BCUT2D eigenvalue weighted by molar-refractivity contribution is 5.47. The van der Waals surface area contributed by atoms with Gasteiger partial charge in [0.15, 0.2) is 11.5 Å². The Kier molecular flexibility index (Phi) is 3.71. The Morgan fingerprint density at radius 2 is 1.64 bits per heavy atom. The van der Waals surface area contributed by atoms with Gasteiger partial charge in [0.25, 0.3) is 0 Å². The summed E-state index contributed by atoms with van der Waals surface area (Å²) in [4.78, 5) is 0. The highest BCUT2D eigenvalue weighted by Crippen LogP contribution is 2.30. The number of benzene rings is 1. The van der Waals surface area contributed by atoms with E-state index in [1.807, 2.05) is 0 Å². The molecule has 0 aliphatic rings. The SMILES string of the molecule is COc1cc(CN)c(CF)cc1OC. The van der Waals surface area contributed by atoms with Crippen LogP contribution in [0.1, 0.15) is 11.1 Å². The van der Waals surface area contributed by atoms with Gasteiger partial charge in [-0.25, -0.2) is 4.39 Å². The molecule has 0 aliphatic heterocycles. The van der Waals surface area contributed by atoms with Gasteiger partial charge < -0.3 is 15.2 Å². The van der Waals surface area contributed by atoms with E-state index in [9.17, 15) is 4.39 Å². The molecule has 0 aliphatic carbocycles. The maximum absolute atomic E-state index is 12.6. The lowest BCUT2D eigenvalue weighted by Crippen LogP contribution is -2.02. The van der Waals surface area contributed by atoms with Crippen molar-refractivity contribution in [3.05, 3.63) is 23.3 Å². The second-order valence-corrected chi connectivity index (χ2v) is 2.81. The van der Waals surface area contributed by atoms with Crippen LogP contribution in [0.3, 0.4) is 0 Å². The van der Waals surface area contributed by atoms with Gasteiger partial charge in [0, 0.05) is 6.54 Å². The van der Waals surface area contributed by atoms with Gasteiger partial charge >= 0.3 is 0 Å². The van der Waals surface area contributed by atoms with E-state index in [0.717, 1.165) is 5.56 Å². The van der Waals surface area contributed by atoms with Crippen molar-refractivity contribution in [2.75, 3.05) is 14.2 Å². The summed E-state index contributed by atoms with van der Waals surface area (Å²) in [6, 6.07) is 3.31. The number of methoxy groups -OCH3 is 2. The molecule has 0 aromatic heterocycles. The number of rotatable bonds is 4. The van der Waals surface area contributed by atoms with Crippen molar-refractivity contribution >= 4 is 0 Å². The molecular weight excluding hydrogens is 185 g/mol. The summed E-state index contributed by atoms with van der Waals surface area (Å²) in [5.41, 5.74) is 6.77. The van der Waals surface area contributed by atoms with Crippen LogP contribution in [0.5, 0.6) is 11.5 Å². The topological polar surface area (TPSA) is 44.5 Å². The fourth-order valence-electron chi connectivity index (χ4n) is 1.28. The Labute approximate surface area is 82.6 Å². The van der Waals surface area contributed by atoms with Crippen molar-refractivity contribution in [3.8, 4) is 11.5 Å². The fourth-order valence-corrected chi connectivity index (χ4v) is 1.28. The summed E-state index contributed by atoms with van der Waals surface area (Å²) in [7, 11) is 3.05. The van der Waals surface area contributed by atoms with Crippen LogP contribution in [0.2, 0.25) is 0 Å². The maximum Gasteiger partial charge on any atom is 0.161 e. The number of hydrogen-bond donors (Lipinski definition) is 1. The third-order valence-corrected chi connectivity index (χ3v) is 2.07. The van der Waals surface area contributed by atoms with Gasteiger partial charge in [0.2, 0.25) is 0 Å². The van der Waals surface area contributed by atoms with Crippen LogP contribution in [0.25, 0.3) is 0 Å². The van der Waals surface area contributed by atoms with Crippen molar-refractivity contribution in [1.82, 2.24) is 0 Å². The normalized spacial score (nSPS) is 10.0. The van der Waals surface area contributed by atoms with Crippen LogP contribution < -0.4 is 15.2 Å². The molecule has 0 unspecified atom stereocenters. The molecule has 14 heavy (non-hydrogen) atoms. The van der Waals surface area contributed by atoms with Crippen LogP contribution in [-0.4, -0.2) is 14.2 Å². The maximum atomic E-state index is 12.6. The smallest absolute Gasteiger partial charge is 0.161 e. The first-order valence-electron chi connectivity index (χ1n) is 4.26. The van der Waals surface area contributed by atoms with E-state index in [2.05, 4.69) is 0 Å². The largest absolute Gasteiger partial charge is 0.493 e. The quantitative estimate of drug-likeness (QED) is 0.801. The predicted molar refractivity (Wildman–Crippen MR) is 52.2 cm³/mol. The van der Waals surface area contributed by atoms with E-state index in [-0.39, 0.29) is 0 Å². The molecule has 0 fully saturated rings. The minimum atomic E-state index is -0.549. The summed E-state index contributed by atoms with van der Waals surface area (Å²) in [6.07, 6.45) is 0. The molecular formula is C10H14FNO2. The molecule has 0 saturated carbocycles. The molecule has 3 nitrogen and oxygen atoms in total. The third-order valence-electron chi connectivity index (χ3n) is 2.07. The van der Waals surface area contributed by atoms with E-state index < -0.39 is 6.67 Å². The first kappa shape index (κ1) is 10.8. The van der Waals surface area contributed by atoms with Gasteiger partial charge in [-0.3, -0.25) is 0 Å². The molecule has 0 saturated heterocycles. The standard InChI is InChI=1S/C10H14FNO2/c1-13-9-3-7(5-11)8(6-12)4-10(9)14-2/h3-4H,5-6,12H2,1-2H3. The van der Waals surface area contributed by atoms with E-state index in [0.29, 0.717) is 23.6 Å². The molecule has 4 heteroatoms. The van der Waals surface area contributed by atoms with Crippen LogP contribution in [0.4, 0.5) is 4.39 Å². The predicted octanol–water partition coefficient (Wildman–Crippen LogP) is 1.63. The van der Waals surface area contributed by atoms with Crippen molar-refractivity contribution < 1.29 is 13.9 Å². The minimum Gasteiger partial charge on any atom is -0.493 e.